The molecule has 16 heavy (non-hydrogen) atoms. The zero-order valence-corrected chi connectivity index (χ0v) is 10.2. The number of methoxy groups -OCH3 is 1. The van der Waals surface area contributed by atoms with Crippen LogP contribution in [0.2, 0.25) is 0 Å². The lowest BCUT2D eigenvalue weighted by molar-refractivity contribution is -0.146. The van der Waals surface area contributed by atoms with Gasteiger partial charge in [0.15, 0.2) is 0 Å². The van der Waals surface area contributed by atoms with E-state index in [1.807, 2.05) is 39.0 Å². The number of hydrogen-bond acceptors (Lipinski definition) is 3. The van der Waals surface area contributed by atoms with E-state index in [1.165, 1.54) is 0 Å². The molecule has 0 aliphatic heterocycles. The van der Waals surface area contributed by atoms with Gasteiger partial charge < -0.3 is 9.47 Å². The van der Waals surface area contributed by atoms with Crippen LogP contribution in [-0.4, -0.2) is 19.2 Å². The fraction of sp³-hybridized carbons (Fsp3) is 0.462. The van der Waals surface area contributed by atoms with Crippen LogP contribution in [0.1, 0.15) is 25.0 Å². The predicted octanol–water partition coefficient (Wildman–Crippen LogP) is 2.50. The number of hydrogen-bond donors (Lipinski definition) is 0. The first-order valence-electron chi connectivity index (χ1n) is 5.36. The quantitative estimate of drug-likeness (QED) is 0.734. The Morgan fingerprint density at radius 3 is 2.62 bits per heavy atom. The molecule has 0 aliphatic rings. The van der Waals surface area contributed by atoms with Gasteiger partial charge in [-0.05, 0) is 38.0 Å². The number of benzene rings is 1. The molecule has 0 aromatic heterocycles. The second-order valence-corrected chi connectivity index (χ2v) is 4.02. The maximum Gasteiger partial charge on any atom is 0.310 e. The summed E-state index contributed by atoms with van der Waals surface area (Å²) < 4.78 is 10.3. The lowest BCUT2D eigenvalue weighted by Gasteiger charge is -2.09. The molecular formula is C13H18O3. The molecule has 0 saturated carbocycles. The molecule has 1 aromatic rings. The normalized spacial score (nSPS) is 10.3. The molecule has 0 atom stereocenters. The van der Waals surface area contributed by atoms with E-state index in [4.69, 9.17) is 9.47 Å². The van der Waals surface area contributed by atoms with E-state index >= 15 is 0 Å². The summed E-state index contributed by atoms with van der Waals surface area (Å²) in [5.41, 5.74) is 1.97. The highest BCUT2D eigenvalue weighted by atomic mass is 16.5. The third-order valence-corrected chi connectivity index (χ3v) is 2.19. The van der Waals surface area contributed by atoms with Crippen LogP contribution < -0.4 is 4.74 Å². The standard InChI is InChI=1S/C13H18O3/c1-9(2)16-13(14)8-11-6-5-10(3)12(7-11)15-4/h5-7,9H,8H2,1-4H3. The van der Waals surface area contributed by atoms with E-state index in [-0.39, 0.29) is 18.5 Å². The second-order valence-electron chi connectivity index (χ2n) is 4.02. The molecule has 1 rings (SSSR count). The maximum absolute atomic E-state index is 11.4. The first kappa shape index (κ1) is 12.6. The summed E-state index contributed by atoms with van der Waals surface area (Å²) in [6, 6.07) is 5.73. The fourth-order valence-electron chi connectivity index (χ4n) is 1.45. The van der Waals surface area contributed by atoms with E-state index in [2.05, 4.69) is 0 Å². The van der Waals surface area contributed by atoms with Crippen LogP contribution in [0.25, 0.3) is 0 Å². The Balaban J connectivity index is 2.71. The van der Waals surface area contributed by atoms with Crippen LogP contribution in [0.4, 0.5) is 0 Å². The molecule has 0 bridgehead atoms. The Bertz CT molecular complexity index is 369. The summed E-state index contributed by atoms with van der Waals surface area (Å²) in [7, 11) is 1.62. The molecular weight excluding hydrogens is 204 g/mol. The highest BCUT2D eigenvalue weighted by molar-refractivity contribution is 5.73. The van der Waals surface area contributed by atoms with Gasteiger partial charge in [-0.2, -0.15) is 0 Å². The summed E-state index contributed by atoms with van der Waals surface area (Å²) in [6.07, 6.45) is 0.217. The molecule has 1 aromatic carbocycles. The summed E-state index contributed by atoms with van der Waals surface area (Å²) in [4.78, 5) is 11.4. The molecule has 0 saturated heterocycles. The van der Waals surface area contributed by atoms with Gasteiger partial charge in [-0.1, -0.05) is 12.1 Å². The zero-order chi connectivity index (χ0) is 12.1. The highest BCUT2D eigenvalue weighted by Gasteiger charge is 2.08. The molecule has 3 nitrogen and oxygen atoms in total. The molecule has 3 heteroatoms. The first-order valence-corrected chi connectivity index (χ1v) is 5.36. The lowest BCUT2D eigenvalue weighted by atomic mass is 10.1. The monoisotopic (exact) mass is 222 g/mol. The Labute approximate surface area is 96.4 Å². The number of carbonyl (C=O) groups is 1. The minimum atomic E-state index is -0.207. The summed E-state index contributed by atoms with van der Waals surface area (Å²) in [5.74, 6) is 0.593. The summed E-state index contributed by atoms with van der Waals surface area (Å²) in [6.45, 7) is 5.65. The van der Waals surface area contributed by atoms with E-state index in [0.717, 1.165) is 16.9 Å². The van der Waals surface area contributed by atoms with E-state index in [1.54, 1.807) is 7.11 Å². The Morgan fingerprint density at radius 2 is 2.06 bits per heavy atom. The summed E-state index contributed by atoms with van der Waals surface area (Å²) in [5, 5.41) is 0. The van der Waals surface area contributed by atoms with Crippen molar-refractivity contribution < 1.29 is 14.3 Å². The molecule has 88 valence electrons. The van der Waals surface area contributed by atoms with Gasteiger partial charge in [-0.3, -0.25) is 4.79 Å². The SMILES string of the molecule is COc1cc(CC(=O)OC(C)C)ccc1C. The van der Waals surface area contributed by atoms with Gasteiger partial charge in [0.1, 0.15) is 5.75 Å². The fourth-order valence-corrected chi connectivity index (χ4v) is 1.45. The molecule has 0 aliphatic carbocycles. The van der Waals surface area contributed by atoms with Crippen molar-refractivity contribution in [2.45, 2.75) is 33.3 Å². The Hall–Kier alpha value is -1.51. The van der Waals surface area contributed by atoms with Crippen LogP contribution >= 0.6 is 0 Å². The second kappa shape index (κ2) is 5.54. The number of esters is 1. The van der Waals surface area contributed by atoms with Crippen LogP contribution in [-0.2, 0) is 16.0 Å². The number of ether oxygens (including phenoxy) is 2. The molecule has 0 radical (unpaired) electrons. The third-order valence-electron chi connectivity index (χ3n) is 2.19. The molecule has 0 heterocycles. The number of rotatable bonds is 4. The summed E-state index contributed by atoms with van der Waals surface area (Å²) >= 11 is 0. The van der Waals surface area contributed by atoms with E-state index in [0.29, 0.717) is 0 Å². The maximum atomic E-state index is 11.4. The van der Waals surface area contributed by atoms with Crippen molar-refractivity contribution in [3.05, 3.63) is 29.3 Å². The van der Waals surface area contributed by atoms with Crippen LogP contribution in [0.15, 0.2) is 18.2 Å². The molecule has 0 fully saturated rings. The average molecular weight is 222 g/mol. The van der Waals surface area contributed by atoms with Crippen molar-refractivity contribution in [3.63, 3.8) is 0 Å². The molecule has 0 amide bonds. The van der Waals surface area contributed by atoms with Gasteiger partial charge in [0.25, 0.3) is 0 Å². The molecule has 0 spiro atoms. The van der Waals surface area contributed by atoms with Crippen LogP contribution in [0, 0.1) is 6.92 Å². The first-order chi connectivity index (χ1) is 7.52. The van der Waals surface area contributed by atoms with Gasteiger partial charge in [0.2, 0.25) is 0 Å². The van der Waals surface area contributed by atoms with Crippen LogP contribution in [0.5, 0.6) is 5.75 Å². The zero-order valence-electron chi connectivity index (χ0n) is 10.2. The lowest BCUT2D eigenvalue weighted by Crippen LogP contribution is -2.13. The minimum absolute atomic E-state index is 0.0696. The van der Waals surface area contributed by atoms with Gasteiger partial charge in [-0.15, -0.1) is 0 Å². The van der Waals surface area contributed by atoms with Crippen molar-refractivity contribution >= 4 is 5.97 Å². The van der Waals surface area contributed by atoms with Gasteiger partial charge in [0, 0.05) is 0 Å². The van der Waals surface area contributed by atoms with Crippen molar-refractivity contribution in [1.82, 2.24) is 0 Å². The molecule has 0 N–H and O–H groups in total. The third kappa shape index (κ3) is 3.57. The number of aryl methyl sites for hydroxylation is 1. The van der Waals surface area contributed by atoms with Crippen molar-refractivity contribution in [3.8, 4) is 5.75 Å². The number of carbonyl (C=O) groups excluding carboxylic acids is 1. The minimum Gasteiger partial charge on any atom is -0.496 e. The van der Waals surface area contributed by atoms with Gasteiger partial charge in [0.05, 0.1) is 19.6 Å². The van der Waals surface area contributed by atoms with Crippen LogP contribution in [0.3, 0.4) is 0 Å². The largest absolute Gasteiger partial charge is 0.496 e. The predicted molar refractivity (Wildman–Crippen MR) is 62.7 cm³/mol. The van der Waals surface area contributed by atoms with Crippen molar-refractivity contribution in [2.24, 2.45) is 0 Å². The van der Waals surface area contributed by atoms with Gasteiger partial charge >= 0.3 is 5.97 Å². The smallest absolute Gasteiger partial charge is 0.310 e. The van der Waals surface area contributed by atoms with Gasteiger partial charge in [-0.25, -0.2) is 0 Å². The highest BCUT2D eigenvalue weighted by Crippen LogP contribution is 2.19. The average Bonchev–Trinajstić information content (AvgIpc) is 2.19. The molecule has 0 unspecified atom stereocenters. The Morgan fingerprint density at radius 1 is 1.38 bits per heavy atom. The van der Waals surface area contributed by atoms with E-state index < -0.39 is 0 Å². The van der Waals surface area contributed by atoms with E-state index in [9.17, 15) is 4.79 Å². The topological polar surface area (TPSA) is 35.5 Å². The Kier molecular flexibility index (Phi) is 4.35. The van der Waals surface area contributed by atoms with Crippen molar-refractivity contribution in [1.29, 1.82) is 0 Å². The van der Waals surface area contributed by atoms with Crippen molar-refractivity contribution in [2.75, 3.05) is 7.11 Å².